The number of rotatable bonds is 7. The number of hydrogen-bond donors (Lipinski definition) is 1. The Morgan fingerprint density at radius 1 is 1.00 bits per heavy atom. The Hall–Kier alpha value is -3.28. The molecule has 1 atom stereocenters. The molecule has 4 nitrogen and oxygen atoms in total. The molecule has 1 aliphatic rings. The number of fused-ring (bicyclic) bond motifs is 1. The van der Waals surface area contributed by atoms with Crippen LogP contribution in [0.2, 0.25) is 0 Å². The van der Waals surface area contributed by atoms with E-state index in [0.29, 0.717) is 17.8 Å². The van der Waals surface area contributed by atoms with E-state index in [0.717, 1.165) is 10.4 Å². The van der Waals surface area contributed by atoms with Crippen molar-refractivity contribution in [3.8, 4) is 0 Å². The molecule has 1 aliphatic heterocycles. The highest BCUT2D eigenvalue weighted by Gasteiger charge is 2.50. The normalized spacial score (nSPS) is 18.4. The number of benzene rings is 2. The molecule has 1 N–H and O–H groups in total. The van der Waals surface area contributed by atoms with Crippen LogP contribution in [0.4, 0.5) is 5.69 Å². The molecule has 0 radical (unpaired) electrons. The summed E-state index contributed by atoms with van der Waals surface area (Å²) in [5.74, 6) is -0.769. The van der Waals surface area contributed by atoms with Crippen molar-refractivity contribution in [2.75, 3.05) is 4.90 Å². The van der Waals surface area contributed by atoms with Crippen molar-refractivity contribution >= 4 is 34.8 Å². The van der Waals surface area contributed by atoms with Gasteiger partial charge in [-0.2, -0.15) is 0 Å². The first-order valence-corrected chi connectivity index (χ1v) is 10.5. The van der Waals surface area contributed by atoms with Crippen molar-refractivity contribution in [1.82, 2.24) is 0 Å². The maximum atomic E-state index is 13.2. The number of ketones is 1. The predicted molar refractivity (Wildman–Crippen MR) is 120 cm³/mol. The topological polar surface area (TPSA) is 57.6 Å². The summed E-state index contributed by atoms with van der Waals surface area (Å²) in [6.45, 7) is 0.375. The second kappa shape index (κ2) is 8.61. The van der Waals surface area contributed by atoms with Gasteiger partial charge in [0.1, 0.15) is 0 Å². The van der Waals surface area contributed by atoms with Crippen molar-refractivity contribution in [3.05, 3.63) is 106 Å². The van der Waals surface area contributed by atoms with E-state index in [9.17, 15) is 14.7 Å². The fourth-order valence-corrected chi connectivity index (χ4v) is 4.29. The van der Waals surface area contributed by atoms with Crippen LogP contribution in [0.1, 0.15) is 22.4 Å². The molecule has 0 aliphatic carbocycles. The summed E-state index contributed by atoms with van der Waals surface area (Å²) in [4.78, 5) is 28.3. The quantitative estimate of drug-likeness (QED) is 0.449. The third-order valence-corrected chi connectivity index (χ3v) is 5.91. The van der Waals surface area contributed by atoms with Crippen LogP contribution in [-0.2, 0) is 21.7 Å². The highest BCUT2D eigenvalue weighted by atomic mass is 32.1. The summed E-state index contributed by atoms with van der Waals surface area (Å²) in [7, 11) is 0. The largest absolute Gasteiger partial charge is 0.375 e. The second-order valence-corrected chi connectivity index (χ2v) is 8.15. The lowest BCUT2D eigenvalue weighted by atomic mass is 9.90. The number of nitrogens with zero attached hydrogens (tertiary/aromatic N) is 1. The van der Waals surface area contributed by atoms with Gasteiger partial charge in [0, 0.05) is 10.4 Å². The molecule has 4 rings (SSSR count). The van der Waals surface area contributed by atoms with Crippen LogP contribution >= 0.6 is 11.3 Å². The molecular formula is C25H21NO3S. The average molecular weight is 416 g/mol. The first-order chi connectivity index (χ1) is 14.6. The van der Waals surface area contributed by atoms with E-state index in [4.69, 9.17) is 0 Å². The fourth-order valence-electron chi connectivity index (χ4n) is 3.60. The lowest BCUT2D eigenvalue weighted by Crippen LogP contribution is -2.41. The maximum Gasteiger partial charge on any atom is 0.264 e. The predicted octanol–water partition coefficient (Wildman–Crippen LogP) is 4.71. The van der Waals surface area contributed by atoms with Gasteiger partial charge in [-0.15, -0.1) is 11.3 Å². The summed E-state index contributed by atoms with van der Waals surface area (Å²) in [5, 5.41) is 13.2. The Labute approximate surface area is 179 Å². The van der Waals surface area contributed by atoms with E-state index in [1.807, 2.05) is 66.1 Å². The molecule has 0 saturated carbocycles. The van der Waals surface area contributed by atoms with Gasteiger partial charge in [-0.3, -0.25) is 9.59 Å². The Bertz CT molecular complexity index is 1100. The number of anilines is 1. The van der Waals surface area contributed by atoms with Crippen LogP contribution in [-0.4, -0.2) is 16.8 Å². The minimum absolute atomic E-state index is 0.292. The number of allylic oxidation sites excluding steroid dienone is 3. The summed E-state index contributed by atoms with van der Waals surface area (Å²) in [5.41, 5.74) is 0.308. The van der Waals surface area contributed by atoms with Gasteiger partial charge >= 0.3 is 0 Å². The second-order valence-electron chi connectivity index (χ2n) is 7.12. The van der Waals surface area contributed by atoms with Crippen molar-refractivity contribution in [3.63, 3.8) is 0 Å². The maximum absolute atomic E-state index is 13.2. The molecule has 30 heavy (non-hydrogen) atoms. The summed E-state index contributed by atoms with van der Waals surface area (Å²) < 4.78 is 0. The van der Waals surface area contributed by atoms with Crippen molar-refractivity contribution in [2.45, 2.75) is 18.6 Å². The third kappa shape index (κ3) is 4.03. The Kier molecular flexibility index (Phi) is 5.74. The summed E-state index contributed by atoms with van der Waals surface area (Å²) in [6, 6.07) is 20.7. The van der Waals surface area contributed by atoms with Crippen molar-refractivity contribution in [1.29, 1.82) is 0 Å². The van der Waals surface area contributed by atoms with E-state index >= 15 is 0 Å². The Morgan fingerprint density at radius 3 is 2.53 bits per heavy atom. The Morgan fingerprint density at radius 2 is 1.77 bits per heavy atom. The summed E-state index contributed by atoms with van der Waals surface area (Å²) in [6.07, 6.45) is 6.39. The molecule has 1 aromatic heterocycles. The van der Waals surface area contributed by atoms with E-state index < -0.39 is 11.5 Å². The standard InChI is InChI=1S/C25H21NO3S/c27-20(12-5-4-11-19-9-2-1-3-10-19)17-25(29)22-14-6-7-15-23(22)26(24(25)28)18-21-13-8-16-30-21/h1-16,29H,17-18H2/b11-4+,12-5+. The highest BCUT2D eigenvalue weighted by Crippen LogP contribution is 2.43. The molecule has 150 valence electrons. The first-order valence-electron chi connectivity index (χ1n) is 9.67. The van der Waals surface area contributed by atoms with Gasteiger partial charge in [-0.05, 0) is 29.2 Å². The zero-order valence-electron chi connectivity index (χ0n) is 16.3. The molecule has 0 spiro atoms. The van der Waals surface area contributed by atoms with Crippen LogP contribution in [0.3, 0.4) is 0 Å². The smallest absolute Gasteiger partial charge is 0.264 e. The van der Waals surface area contributed by atoms with Crippen LogP contribution in [0.5, 0.6) is 0 Å². The Balaban J connectivity index is 1.51. The molecule has 3 aromatic rings. The third-order valence-electron chi connectivity index (χ3n) is 5.04. The number of carbonyl (C=O) groups excluding carboxylic acids is 2. The SMILES string of the molecule is O=C(/C=C/C=C/c1ccccc1)CC1(O)C(=O)N(Cc2cccs2)c2ccccc21. The number of amides is 1. The van der Waals surface area contributed by atoms with Gasteiger partial charge in [-0.1, -0.05) is 72.8 Å². The van der Waals surface area contributed by atoms with Gasteiger partial charge in [0.15, 0.2) is 11.4 Å². The number of aliphatic hydroxyl groups is 1. The fraction of sp³-hybridized carbons (Fsp3) is 0.120. The number of hydrogen-bond acceptors (Lipinski definition) is 4. The molecular weight excluding hydrogens is 394 g/mol. The lowest BCUT2D eigenvalue weighted by molar-refractivity contribution is -0.140. The van der Waals surface area contributed by atoms with Crippen LogP contribution < -0.4 is 4.90 Å². The van der Waals surface area contributed by atoms with Gasteiger partial charge in [0.25, 0.3) is 5.91 Å². The molecule has 0 bridgehead atoms. The van der Waals surface area contributed by atoms with E-state index in [1.54, 1.807) is 40.5 Å². The van der Waals surface area contributed by atoms with Crippen molar-refractivity contribution in [2.24, 2.45) is 0 Å². The molecule has 5 heteroatoms. The van der Waals surface area contributed by atoms with Gasteiger partial charge < -0.3 is 10.0 Å². The van der Waals surface area contributed by atoms with E-state index in [-0.39, 0.29) is 12.2 Å². The molecule has 0 fully saturated rings. The highest BCUT2D eigenvalue weighted by molar-refractivity contribution is 7.09. The molecule has 1 amide bonds. The minimum Gasteiger partial charge on any atom is -0.375 e. The van der Waals surface area contributed by atoms with Gasteiger partial charge in [0.2, 0.25) is 0 Å². The number of para-hydroxylation sites is 1. The molecule has 2 aromatic carbocycles. The molecule has 2 heterocycles. The van der Waals surface area contributed by atoms with Crippen LogP contribution in [0.15, 0.2) is 90.3 Å². The number of thiophene rings is 1. The summed E-state index contributed by atoms with van der Waals surface area (Å²) >= 11 is 1.55. The van der Waals surface area contributed by atoms with Gasteiger partial charge in [-0.25, -0.2) is 0 Å². The zero-order chi connectivity index (χ0) is 21.0. The molecule has 1 unspecified atom stereocenters. The first kappa shape index (κ1) is 20.0. The van der Waals surface area contributed by atoms with Gasteiger partial charge in [0.05, 0.1) is 18.7 Å². The van der Waals surface area contributed by atoms with Crippen molar-refractivity contribution < 1.29 is 14.7 Å². The average Bonchev–Trinajstić information content (AvgIpc) is 3.34. The monoisotopic (exact) mass is 415 g/mol. The lowest BCUT2D eigenvalue weighted by Gasteiger charge is -2.22. The minimum atomic E-state index is -1.85. The van der Waals surface area contributed by atoms with E-state index in [2.05, 4.69) is 0 Å². The van der Waals surface area contributed by atoms with E-state index in [1.165, 1.54) is 6.08 Å². The molecule has 0 saturated heterocycles. The van der Waals surface area contributed by atoms with Crippen LogP contribution in [0.25, 0.3) is 6.08 Å². The van der Waals surface area contributed by atoms with Crippen LogP contribution in [0, 0.1) is 0 Å². The number of carbonyl (C=O) groups is 2. The zero-order valence-corrected chi connectivity index (χ0v) is 17.1.